The number of carboxylic acid groups (broad SMARTS) is 2. The van der Waals surface area contributed by atoms with Crippen LogP contribution in [0.3, 0.4) is 0 Å². The van der Waals surface area contributed by atoms with Crippen LogP contribution in [0.1, 0.15) is 0 Å². The van der Waals surface area contributed by atoms with Crippen molar-refractivity contribution in [2.24, 2.45) is 5.73 Å². The van der Waals surface area contributed by atoms with E-state index >= 15 is 0 Å². The Kier molecular flexibility index (Phi) is 4.81. The molecule has 21 heavy (non-hydrogen) atoms. The molecule has 0 amide bonds. The number of rotatable bonds is 5. The quantitative estimate of drug-likeness (QED) is 0.541. The molecule has 0 saturated carbocycles. The monoisotopic (exact) mass is 309 g/mol. The first kappa shape index (κ1) is 15.3. The second-order valence-electron chi connectivity index (χ2n) is 4.55. The van der Waals surface area contributed by atoms with Crippen LogP contribution in [0.15, 0.2) is 41.9 Å². The standard InChI is InChI=1S/C13H15N3O4S/c14-9(12(17)18)11-15-10(13(19)20)8(7-21-11)6-16-4-2-1-3-5-16/h1-5,9,11,15H,6-7,14H2,(H-,17,18,19,20)/t9-,11+/m0/s1. The number of thioether (sulfide) groups is 1. The topological polar surface area (TPSA) is 119 Å². The van der Waals surface area contributed by atoms with Crippen LogP contribution in [-0.4, -0.2) is 34.2 Å². The lowest BCUT2D eigenvalue weighted by Gasteiger charge is -2.30. The number of carbonyl (C=O) groups excluding carboxylic acids is 1. The van der Waals surface area contributed by atoms with Crippen molar-refractivity contribution in [3.05, 3.63) is 41.9 Å². The van der Waals surface area contributed by atoms with E-state index in [9.17, 15) is 14.7 Å². The SMILES string of the molecule is N[C@H](C(=O)O)[C@@H]1NC(C(=O)[O-])=C(C[n+]2ccccc2)CS1. The van der Waals surface area contributed by atoms with Crippen LogP contribution in [0, 0.1) is 0 Å². The Morgan fingerprint density at radius 2 is 2.14 bits per heavy atom. The summed E-state index contributed by atoms with van der Waals surface area (Å²) < 4.78 is 1.83. The zero-order chi connectivity index (χ0) is 15.4. The highest BCUT2D eigenvalue weighted by Gasteiger charge is 2.31. The van der Waals surface area contributed by atoms with Crippen LogP contribution < -0.4 is 20.7 Å². The Balaban J connectivity index is 2.20. The third kappa shape index (κ3) is 3.73. The van der Waals surface area contributed by atoms with Gasteiger partial charge < -0.3 is 26.1 Å². The van der Waals surface area contributed by atoms with E-state index in [1.807, 2.05) is 35.2 Å². The smallest absolute Gasteiger partial charge is 0.323 e. The molecule has 0 radical (unpaired) electrons. The van der Waals surface area contributed by atoms with E-state index in [0.29, 0.717) is 17.9 Å². The van der Waals surface area contributed by atoms with Crippen molar-refractivity contribution in [1.82, 2.24) is 5.32 Å². The maximum absolute atomic E-state index is 11.3. The number of hydrogen-bond donors (Lipinski definition) is 3. The van der Waals surface area contributed by atoms with Gasteiger partial charge in [0.1, 0.15) is 6.04 Å². The minimum absolute atomic E-state index is 0.0770. The molecule has 2 rings (SSSR count). The van der Waals surface area contributed by atoms with E-state index in [2.05, 4.69) is 5.32 Å². The molecule has 0 aliphatic carbocycles. The summed E-state index contributed by atoms with van der Waals surface area (Å²) in [5.41, 5.74) is 6.08. The fourth-order valence-corrected chi connectivity index (χ4v) is 3.10. The molecule has 2 heterocycles. The predicted molar refractivity (Wildman–Crippen MR) is 73.7 cm³/mol. The number of nitrogens with zero attached hydrogens (tertiary/aromatic N) is 1. The van der Waals surface area contributed by atoms with Gasteiger partial charge in [0, 0.05) is 23.5 Å². The molecule has 0 bridgehead atoms. The van der Waals surface area contributed by atoms with Gasteiger partial charge in [-0.2, -0.15) is 0 Å². The lowest BCUT2D eigenvalue weighted by atomic mass is 10.2. The minimum Gasteiger partial charge on any atom is -0.543 e. The van der Waals surface area contributed by atoms with Crippen LogP contribution in [0.2, 0.25) is 0 Å². The van der Waals surface area contributed by atoms with Crippen molar-refractivity contribution < 1.29 is 24.4 Å². The third-order valence-electron chi connectivity index (χ3n) is 3.04. The van der Waals surface area contributed by atoms with Gasteiger partial charge in [-0.1, -0.05) is 6.07 Å². The normalized spacial score (nSPS) is 19.8. The van der Waals surface area contributed by atoms with Gasteiger partial charge in [0.2, 0.25) is 0 Å². The van der Waals surface area contributed by atoms with E-state index in [1.165, 1.54) is 11.8 Å². The number of nitrogens with two attached hydrogens (primary N) is 1. The first-order valence-corrected chi connectivity index (χ1v) is 7.28. The molecule has 0 fully saturated rings. The van der Waals surface area contributed by atoms with Crippen molar-refractivity contribution in [2.45, 2.75) is 18.0 Å². The molecule has 0 unspecified atom stereocenters. The number of pyridine rings is 1. The average molecular weight is 309 g/mol. The first-order valence-electron chi connectivity index (χ1n) is 6.23. The molecule has 4 N–H and O–H groups in total. The highest BCUT2D eigenvalue weighted by Crippen LogP contribution is 2.24. The summed E-state index contributed by atoms with van der Waals surface area (Å²) in [7, 11) is 0. The van der Waals surface area contributed by atoms with Gasteiger partial charge in [-0.15, -0.1) is 11.8 Å². The molecule has 7 nitrogen and oxygen atoms in total. The molecule has 0 aromatic carbocycles. The van der Waals surface area contributed by atoms with Gasteiger partial charge in [-0.3, -0.25) is 4.79 Å². The fraction of sp³-hybridized carbons (Fsp3) is 0.308. The van der Waals surface area contributed by atoms with Crippen molar-refractivity contribution in [2.75, 3.05) is 5.75 Å². The highest BCUT2D eigenvalue weighted by atomic mass is 32.2. The second-order valence-corrected chi connectivity index (χ2v) is 5.68. The third-order valence-corrected chi connectivity index (χ3v) is 4.33. The van der Waals surface area contributed by atoms with Gasteiger partial charge in [0.15, 0.2) is 18.9 Å². The summed E-state index contributed by atoms with van der Waals surface area (Å²) in [5.74, 6) is -2.16. The van der Waals surface area contributed by atoms with Gasteiger partial charge >= 0.3 is 5.97 Å². The summed E-state index contributed by atoms with van der Waals surface area (Å²) >= 11 is 1.27. The van der Waals surface area contributed by atoms with Crippen LogP contribution in [0.5, 0.6) is 0 Å². The Hall–Kier alpha value is -2.06. The summed E-state index contributed by atoms with van der Waals surface area (Å²) in [5, 5.41) is 22.1. The van der Waals surface area contributed by atoms with Crippen molar-refractivity contribution in [1.29, 1.82) is 0 Å². The predicted octanol–water partition coefficient (Wildman–Crippen LogP) is -1.95. The largest absolute Gasteiger partial charge is 0.543 e. The number of aromatic nitrogens is 1. The molecule has 0 saturated heterocycles. The Morgan fingerprint density at radius 3 is 2.71 bits per heavy atom. The highest BCUT2D eigenvalue weighted by molar-refractivity contribution is 8.00. The number of carboxylic acids is 2. The zero-order valence-electron chi connectivity index (χ0n) is 11.1. The van der Waals surface area contributed by atoms with E-state index in [1.54, 1.807) is 0 Å². The van der Waals surface area contributed by atoms with Gasteiger partial charge in [-0.05, 0) is 0 Å². The summed E-state index contributed by atoms with van der Waals surface area (Å²) in [4.78, 5) is 22.1. The maximum Gasteiger partial charge on any atom is 0.323 e. The van der Waals surface area contributed by atoms with Crippen molar-refractivity contribution in [3.63, 3.8) is 0 Å². The molecule has 1 aromatic rings. The van der Waals surface area contributed by atoms with Crippen LogP contribution in [0.4, 0.5) is 0 Å². The minimum atomic E-state index is -1.36. The zero-order valence-corrected chi connectivity index (χ0v) is 11.9. The number of nitrogens with one attached hydrogen (secondary N) is 1. The van der Waals surface area contributed by atoms with Crippen LogP contribution in [0.25, 0.3) is 0 Å². The molecular formula is C13H15N3O4S. The maximum atomic E-state index is 11.3. The van der Waals surface area contributed by atoms with E-state index in [-0.39, 0.29) is 5.70 Å². The van der Waals surface area contributed by atoms with Crippen LogP contribution >= 0.6 is 11.8 Å². The lowest BCUT2D eigenvalue weighted by Crippen LogP contribution is -2.53. The van der Waals surface area contributed by atoms with Crippen molar-refractivity contribution in [3.8, 4) is 0 Å². The molecule has 2 atom stereocenters. The first-order chi connectivity index (χ1) is 9.99. The molecule has 8 heteroatoms. The number of hydrogen-bond acceptors (Lipinski definition) is 6. The fourth-order valence-electron chi connectivity index (χ4n) is 1.96. The van der Waals surface area contributed by atoms with Gasteiger partial charge in [0.05, 0.1) is 17.0 Å². The molecular weight excluding hydrogens is 294 g/mol. The molecule has 1 aliphatic heterocycles. The number of aliphatic carboxylic acids is 2. The molecule has 1 aromatic heterocycles. The average Bonchev–Trinajstić information content (AvgIpc) is 2.47. The molecule has 1 aliphatic rings. The summed E-state index contributed by atoms with van der Waals surface area (Å²) in [6, 6.07) is 4.35. The molecule has 0 spiro atoms. The second kappa shape index (κ2) is 6.59. The van der Waals surface area contributed by atoms with Crippen molar-refractivity contribution >= 4 is 23.7 Å². The van der Waals surface area contributed by atoms with Gasteiger partial charge in [-0.25, -0.2) is 4.57 Å². The van der Waals surface area contributed by atoms with E-state index in [4.69, 9.17) is 10.8 Å². The van der Waals surface area contributed by atoms with Gasteiger partial charge in [0.25, 0.3) is 0 Å². The summed E-state index contributed by atoms with van der Waals surface area (Å²) in [6.45, 7) is 0.388. The Labute approximate surface area is 125 Å². The Bertz CT molecular complexity index is 576. The van der Waals surface area contributed by atoms with E-state index < -0.39 is 23.4 Å². The lowest BCUT2D eigenvalue weighted by molar-refractivity contribution is -0.689. The van der Waals surface area contributed by atoms with Crippen LogP contribution in [-0.2, 0) is 16.1 Å². The summed E-state index contributed by atoms with van der Waals surface area (Å²) in [6.07, 6.45) is 3.64. The number of carbonyl (C=O) groups is 2. The Morgan fingerprint density at radius 1 is 1.48 bits per heavy atom. The van der Waals surface area contributed by atoms with E-state index in [0.717, 1.165) is 0 Å². The molecule has 112 valence electrons.